The summed E-state index contributed by atoms with van der Waals surface area (Å²) in [6, 6.07) is 11.7. The molecule has 1 aromatic carbocycles. The molecule has 1 aromatic heterocycles. The van der Waals surface area contributed by atoms with E-state index < -0.39 is 0 Å². The number of nitrogens with one attached hydrogen (secondary N) is 2. The summed E-state index contributed by atoms with van der Waals surface area (Å²) in [6.07, 6.45) is 0.756. The van der Waals surface area contributed by atoms with E-state index in [0.29, 0.717) is 5.84 Å². The Balaban J connectivity index is 1.77. The molecule has 1 aliphatic rings. The number of carbonyl (C=O) groups is 1. The predicted octanol–water partition coefficient (Wildman–Crippen LogP) is 2.23. The third-order valence-electron chi connectivity index (χ3n) is 3.57. The van der Waals surface area contributed by atoms with Gasteiger partial charge in [0.1, 0.15) is 5.84 Å². The number of amides is 1. The number of thioether (sulfide) groups is 1. The molecule has 0 bridgehead atoms. The van der Waals surface area contributed by atoms with E-state index in [4.69, 9.17) is 5.73 Å². The Bertz CT molecular complexity index is 664. The van der Waals surface area contributed by atoms with E-state index in [1.165, 1.54) is 0 Å². The minimum Gasteiger partial charge on any atom is -0.383 e. The van der Waals surface area contributed by atoms with Crippen LogP contribution in [0.15, 0.2) is 46.8 Å². The van der Waals surface area contributed by atoms with Gasteiger partial charge in [-0.05, 0) is 29.1 Å². The summed E-state index contributed by atoms with van der Waals surface area (Å²) in [5.41, 5.74) is 7.86. The second kappa shape index (κ2) is 7.63. The third kappa shape index (κ3) is 3.93. The molecule has 1 amide bonds. The van der Waals surface area contributed by atoms with Crippen LogP contribution in [0.2, 0.25) is 0 Å². The summed E-state index contributed by atoms with van der Waals surface area (Å²) in [7, 11) is 0. The van der Waals surface area contributed by atoms with E-state index in [0.717, 1.165) is 34.8 Å². The molecule has 2 aromatic rings. The van der Waals surface area contributed by atoms with Gasteiger partial charge in [-0.3, -0.25) is 4.79 Å². The lowest BCUT2D eigenvalue weighted by Gasteiger charge is -2.22. The molecule has 7 heteroatoms. The molecule has 23 heavy (non-hydrogen) atoms. The molecular weight excluding hydrogens is 328 g/mol. The number of rotatable bonds is 6. The molecule has 1 aliphatic heterocycles. The third-order valence-corrected chi connectivity index (χ3v) is 5.70. The molecule has 0 radical (unpaired) electrons. The van der Waals surface area contributed by atoms with Gasteiger partial charge in [0.2, 0.25) is 6.41 Å². The van der Waals surface area contributed by atoms with Gasteiger partial charge in [-0.25, -0.2) is 4.99 Å². The fraction of sp³-hybridized carbons (Fsp3) is 0.250. The first-order valence-corrected chi connectivity index (χ1v) is 9.23. The van der Waals surface area contributed by atoms with E-state index in [-0.39, 0.29) is 11.4 Å². The summed E-state index contributed by atoms with van der Waals surface area (Å²) in [5, 5.41) is 8.48. The van der Waals surface area contributed by atoms with Crippen molar-refractivity contribution in [3.05, 3.63) is 52.2 Å². The largest absolute Gasteiger partial charge is 0.383 e. The first kappa shape index (κ1) is 16.0. The number of benzene rings is 1. The van der Waals surface area contributed by atoms with Crippen LogP contribution in [0.3, 0.4) is 0 Å². The van der Waals surface area contributed by atoms with Crippen LogP contribution in [0.4, 0.5) is 5.69 Å². The molecule has 5 nitrogen and oxygen atoms in total. The van der Waals surface area contributed by atoms with Gasteiger partial charge in [-0.1, -0.05) is 18.2 Å². The Morgan fingerprint density at radius 3 is 2.83 bits per heavy atom. The molecule has 1 fully saturated rings. The fourth-order valence-corrected chi connectivity index (χ4v) is 4.25. The van der Waals surface area contributed by atoms with E-state index in [1.807, 2.05) is 53.5 Å². The molecule has 0 spiro atoms. The Labute approximate surface area is 143 Å². The van der Waals surface area contributed by atoms with Crippen molar-refractivity contribution < 1.29 is 4.79 Å². The summed E-state index contributed by atoms with van der Waals surface area (Å²) >= 11 is 3.39. The van der Waals surface area contributed by atoms with Gasteiger partial charge in [-0.15, -0.1) is 23.1 Å². The molecule has 2 heterocycles. The topological polar surface area (TPSA) is 79.5 Å². The van der Waals surface area contributed by atoms with Crippen molar-refractivity contribution in [2.75, 3.05) is 12.3 Å². The van der Waals surface area contributed by atoms with E-state index in [9.17, 15) is 4.79 Å². The van der Waals surface area contributed by atoms with Crippen molar-refractivity contribution in [1.82, 2.24) is 10.6 Å². The predicted molar refractivity (Wildman–Crippen MR) is 97.3 cm³/mol. The Morgan fingerprint density at radius 1 is 1.39 bits per heavy atom. The van der Waals surface area contributed by atoms with Crippen LogP contribution < -0.4 is 16.4 Å². The number of nitrogens with zero attached hydrogens (tertiary/aromatic N) is 1. The van der Waals surface area contributed by atoms with Crippen LogP contribution in [-0.4, -0.2) is 29.9 Å². The lowest BCUT2D eigenvalue weighted by molar-refractivity contribution is -0.110. The van der Waals surface area contributed by atoms with Crippen LogP contribution in [0.1, 0.15) is 16.5 Å². The summed E-state index contributed by atoms with van der Waals surface area (Å²) in [4.78, 5) is 16.3. The Kier molecular flexibility index (Phi) is 5.32. The van der Waals surface area contributed by atoms with Crippen LogP contribution >= 0.6 is 23.1 Å². The Morgan fingerprint density at radius 2 is 2.22 bits per heavy atom. The zero-order valence-electron chi connectivity index (χ0n) is 12.4. The lowest BCUT2D eigenvalue weighted by Crippen LogP contribution is -2.35. The second-order valence-electron chi connectivity index (χ2n) is 5.07. The first-order chi connectivity index (χ1) is 11.3. The Hall–Kier alpha value is -1.83. The standard InChI is InChI=1S/C16H18N4OS2/c17-15(13-2-1-8-22-13)20-12-5-3-11(4-6-12)14(19-10-21)16-18-7-9-23-16/h1-6,8,10,14,16,18H,7,9H2,(H2,17,20)(H,19,21). The van der Waals surface area contributed by atoms with Gasteiger partial charge in [0.05, 0.1) is 22.0 Å². The van der Waals surface area contributed by atoms with E-state index in [1.54, 1.807) is 11.3 Å². The first-order valence-electron chi connectivity index (χ1n) is 7.30. The van der Waals surface area contributed by atoms with Gasteiger partial charge < -0.3 is 16.4 Å². The number of aliphatic imine (C=N–C) groups is 1. The average molecular weight is 346 g/mol. The minimum absolute atomic E-state index is 0.0485. The number of thiophene rings is 1. The van der Waals surface area contributed by atoms with Gasteiger partial charge in [-0.2, -0.15) is 0 Å². The highest BCUT2D eigenvalue weighted by Gasteiger charge is 2.26. The average Bonchev–Trinajstić information content (AvgIpc) is 3.27. The van der Waals surface area contributed by atoms with Crippen molar-refractivity contribution >= 4 is 41.0 Å². The molecule has 0 saturated carbocycles. The maximum atomic E-state index is 10.9. The highest BCUT2D eigenvalue weighted by atomic mass is 32.2. The molecule has 3 rings (SSSR count). The van der Waals surface area contributed by atoms with Gasteiger partial charge in [0.25, 0.3) is 0 Å². The summed E-state index contributed by atoms with van der Waals surface area (Å²) in [6.45, 7) is 0.964. The van der Waals surface area contributed by atoms with Gasteiger partial charge >= 0.3 is 0 Å². The monoisotopic (exact) mass is 346 g/mol. The van der Waals surface area contributed by atoms with Crippen molar-refractivity contribution in [3.63, 3.8) is 0 Å². The molecular formula is C16H18N4OS2. The molecule has 2 unspecified atom stereocenters. The quantitative estimate of drug-likeness (QED) is 0.426. The maximum absolute atomic E-state index is 10.9. The highest BCUT2D eigenvalue weighted by molar-refractivity contribution is 8.00. The molecule has 120 valence electrons. The number of nitrogens with two attached hydrogens (primary N) is 1. The van der Waals surface area contributed by atoms with Crippen molar-refractivity contribution in [3.8, 4) is 0 Å². The highest BCUT2D eigenvalue weighted by Crippen LogP contribution is 2.29. The SMILES string of the molecule is NC(=Nc1ccc(C(NC=O)C2NCCS2)cc1)c1cccs1. The van der Waals surface area contributed by atoms with Crippen molar-refractivity contribution in [2.24, 2.45) is 10.7 Å². The zero-order valence-corrected chi connectivity index (χ0v) is 14.1. The van der Waals surface area contributed by atoms with Crippen molar-refractivity contribution in [1.29, 1.82) is 0 Å². The smallest absolute Gasteiger partial charge is 0.207 e. The van der Waals surface area contributed by atoms with Crippen LogP contribution in [-0.2, 0) is 4.79 Å². The molecule has 1 saturated heterocycles. The minimum atomic E-state index is -0.0485. The summed E-state index contributed by atoms with van der Waals surface area (Å²) < 4.78 is 0. The second-order valence-corrected chi connectivity index (χ2v) is 7.27. The fourth-order valence-electron chi connectivity index (χ4n) is 2.47. The number of amidine groups is 1. The number of hydrogen-bond donors (Lipinski definition) is 3. The van der Waals surface area contributed by atoms with E-state index >= 15 is 0 Å². The number of carbonyl (C=O) groups excluding carboxylic acids is 1. The van der Waals surface area contributed by atoms with Crippen LogP contribution in [0.25, 0.3) is 0 Å². The number of hydrogen-bond acceptors (Lipinski definition) is 5. The normalized spacial score (nSPS) is 19.5. The summed E-state index contributed by atoms with van der Waals surface area (Å²) in [5.74, 6) is 1.57. The lowest BCUT2D eigenvalue weighted by atomic mass is 10.1. The van der Waals surface area contributed by atoms with Gasteiger partial charge in [0, 0.05) is 12.3 Å². The van der Waals surface area contributed by atoms with Gasteiger partial charge in [0.15, 0.2) is 0 Å². The molecule has 0 aliphatic carbocycles. The zero-order chi connectivity index (χ0) is 16.1. The molecule has 2 atom stereocenters. The van der Waals surface area contributed by atoms with Crippen LogP contribution in [0.5, 0.6) is 0 Å². The van der Waals surface area contributed by atoms with E-state index in [2.05, 4.69) is 15.6 Å². The maximum Gasteiger partial charge on any atom is 0.207 e. The molecule has 4 N–H and O–H groups in total. The van der Waals surface area contributed by atoms with Crippen LogP contribution in [0, 0.1) is 0 Å². The van der Waals surface area contributed by atoms with Crippen molar-refractivity contribution in [2.45, 2.75) is 11.4 Å².